The standard InChI is InChI=1S/C22H25N3O2S/c1-13(2)18-11-8-15(4)12-19(18)27-16(5)20(26)23-22-25-24-21(28-22)17-9-6-14(3)7-10-17/h6-13,16H,1-5H3,(H,23,25,26)/t16-/m0/s1. The fourth-order valence-electron chi connectivity index (χ4n) is 2.76. The van der Waals surface area contributed by atoms with Gasteiger partial charge in [0.1, 0.15) is 10.8 Å². The van der Waals surface area contributed by atoms with Crippen molar-refractivity contribution < 1.29 is 9.53 Å². The van der Waals surface area contributed by atoms with E-state index in [9.17, 15) is 4.79 Å². The van der Waals surface area contributed by atoms with E-state index >= 15 is 0 Å². The Morgan fingerprint density at radius 2 is 1.68 bits per heavy atom. The molecule has 1 aromatic heterocycles. The summed E-state index contributed by atoms with van der Waals surface area (Å²) in [6.07, 6.45) is -0.647. The van der Waals surface area contributed by atoms with E-state index in [1.807, 2.05) is 44.2 Å². The number of aromatic nitrogens is 2. The van der Waals surface area contributed by atoms with Crippen molar-refractivity contribution in [3.05, 3.63) is 59.2 Å². The fraction of sp³-hybridized carbons (Fsp3) is 0.318. The lowest BCUT2D eigenvalue weighted by Gasteiger charge is -2.18. The minimum atomic E-state index is -0.647. The molecule has 3 rings (SSSR count). The number of amides is 1. The van der Waals surface area contributed by atoms with Crippen LogP contribution in [0.25, 0.3) is 10.6 Å². The second-order valence-electron chi connectivity index (χ2n) is 7.22. The Morgan fingerprint density at radius 3 is 2.36 bits per heavy atom. The van der Waals surface area contributed by atoms with E-state index in [-0.39, 0.29) is 5.91 Å². The summed E-state index contributed by atoms with van der Waals surface area (Å²) in [5, 5.41) is 12.3. The first-order valence-electron chi connectivity index (χ1n) is 9.32. The SMILES string of the molecule is Cc1ccc(-c2nnc(NC(=O)[C@H](C)Oc3cc(C)ccc3C(C)C)s2)cc1. The van der Waals surface area contributed by atoms with Gasteiger partial charge in [0.15, 0.2) is 6.10 Å². The second kappa shape index (κ2) is 8.52. The quantitative estimate of drug-likeness (QED) is 0.611. The van der Waals surface area contributed by atoms with Crippen molar-refractivity contribution in [2.45, 2.75) is 46.6 Å². The van der Waals surface area contributed by atoms with Crippen LogP contribution in [0, 0.1) is 13.8 Å². The summed E-state index contributed by atoms with van der Waals surface area (Å²) in [7, 11) is 0. The summed E-state index contributed by atoms with van der Waals surface area (Å²) in [5.41, 5.74) is 4.35. The van der Waals surface area contributed by atoms with Gasteiger partial charge in [0.05, 0.1) is 0 Å². The number of hydrogen-bond acceptors (Lipinski definition) is 5. The molecule has 28 heavy (non-hydrogen) atoms. The highest BCUT2D eigenvalue weighted by atomic mass is 32.1. The summed E-state index contributed by atoms with van der Waals surface area (Å²) < 4.78 is 5.97. The number of rotatable bonds is 6. The van der Waals surface area contributed by atoms with Crippen molar-refractivity contribution in [2.24, 2.45) is 0 Å². The van der Waals surface area contributed by atoms with Gasteiger partial charge in [-0.2, -0.15) is 0 Å². The van der Waals surface area contributed by atoms with Gasteiger partial charge in [-0.05, 0) is 43.9 Å². The van der Waals surface area contributed by atoms with Crippen LogP contribution in [0.3, 0.4) is 0 Å². The number of nitrogens with one attached hydrogen (secondary N) is 1. The van der Waals surface area contributed by atoms with E-state index < -0.39 is 6.10 Å². The second-order valence-corrected chi connectivity index (χ2v) is 8.20. The summed E-state index contributed by atoms with van der Waals surface area (Å²) in [5.74, 6) is 0.809. The highest BCUT2D eigenvalue weighted by Gasteiger charge is 2.19. The number of carbonyl (C=O) groups excluding carboxylic acids is 1. The zero-order valence-corrected chi connectivity index (χ0v) is 17.6. The molecule has 0 saturated carbocycles. The molecule has 2 aromatic carbocycles. The first kappa shape index (κ1) is 20.0. The molecule has 1 heterocycles. The molecule has 1 atom stereocenters. The maximum Gasteiger partial charge on any atom is 0.266 e. The van der Waals surface area contributed by atoms with Gasteiger partial charge in [0.25, 0.3) is 5.91 Å². The largest absolute Gasteiger partial charge is 0.481 e. The van der Waals surface area contributed by atoms with E-state index in [1.54, 1.807) is 6.92 Å². The van der Waals surface area contributed by atoms with Crippen molar-refractivity contribution in [2.75, 3.05) is 5.32 Å². The van der Waals surface area contributed by atoms with Gasteiger partial charge in [0.2, 0.25) is 5.13 Å². The molecule has 1 N–H and O–H groups in total. The third-order valence-corrected chi connectivity index (χ3v) is 5.31. The van der Waals surface area contributed by atoms with E-state index in [1.165, 1.54) is 16.9 Å². The molecule has 0 saturated heterocycles. The van der Waals surface area contributed by atoms with Crippen LogP contribution in [0.4, 0.5) is 5.13 Å². The number of hydrogen-bond donors (Lipinski definition) is 1. The minimum absolute atomic E-state index is 0.247. The molecule has 0 bridgehead atoms. The number of benzene rings is 2. The monoisotopic (exact) mass is 395 g/mol. The zero-order valence-electron chi connectivity index (χ0n) is 16.8. The average molecular weight is 396 g/mol. The molecule has 0 aliphatic heterocycles. The van der Waals surface area contributed by atoms with Gasteiger partial charge in [-0.15, -0.1) is 10.2 Å². The van der Waals surface area contributed by atoms with Crippen LogP contribution < -0.4 is 10.1 Å². The Bertz CT molecular complexity index is 964. The Labute approximate surface area is 169 Å². The smallest absolute Gasteiger partial charge is 0.266 e. The van der Waals surface area contributed by atoms with Crippen molar-refractivity contribution in [3.8, 4) is 16.3 Å². The predicted molar refractivity (Wildman–Crippen MR) is 114 cm³/mol. The van der Waals surface area contributed by atoms with Crippen molar-refractivity contribution in [1.29, 1.82) is 0 Å². The molecule has 0 unspecified atom stereocenters. The number of ether oxygens (including phenoxy) is 1. The maximum atomic E-state index is 12.6. The lowest BCUT2D eigenvalue weighted by Crippen LogP contribution is -2.30. The minimum Gasteiger partial charge on any atom is -0.481 e. The molecule has 1 amide bonds. The Hall–Kier alpha value is -2.73. The number of carbonyl (C=O) groups is 1. The van der Waals surface area contributed by atoms with Crippen LogP contribution in [0.5, 0.6) is 5.75 Å². The van der Waals surface area contributed by atoms with Gasteiger partial charge in [-0.1, -0.05) is 67.1 Å². The lowest BCUT2D eigenvalue weighted by molar-refractivity contribution is -0.122. The van der Waals surface area contributed by atoms with Crippen LogP contribution in [-0.4, -0.2) is 22.2 Å². The lowest BCUT2D eigenvalue weighted by atomic mass is 10.0. The van der Waals surface area contributed by atoms with Gasteiger partial charge in [0, 0.05) is 5.56 Å². The normalized spacial score (nSPS) is 12.1. The van der Waals surface area contributed by atoms with Gasteiger partial charge in [-0.3, -0.25) is 10.1 Å². The van der Waals surface area contributed by atoms with Crippen molar-refractivity contribution in [3.63, 3.8) is 0 Å². The van der Waals surface area contributed by atoms with E-state index in [4.69, 9.17) is 4.74 Å². The molecule has 146 valence electrons. The highest BCUT2D eigenvalue weighted by Crippen LogP contribution is 2.29. The Kier molecular flexibility index (Phi) is 6.09. The van der Waals surface area contributed by atoms with E-state index in [0.29, 0.717) is 11.0 Å². The third-order valence-electron chi connectivity index (χ3n) is 4.42. The van der Waals surface area contributed by atoms with Gasteiger partial charge in [-0.25, -0.2) is 0 Å². The Balaban J connectivity index is 1.68. The fourth-order valence-corrected chi connectivity index (χ4v) is 3.51. The molecule has 0 aliphatic carbocycles. The number of anilines is 1. The van der Waals surface area contributed by atoms with Crippen LogP contribution in [-0.2, 0) is 4.79 Å². The van der Waals surface area contributed by atoms with Crippen LogP contribution in [0.1, 0.15) is 43.4 Å². The van der Waals surface area contributed by atoms with Crippen LogP contribution >= 0.6 is 11.3 Å². The molecule has 5 nitrogen and oxygen atoms in total. The van der Waals surface area contributed by atoms with Crippen LogP contribution in [0.15, 0.2) is 42.5 Å². The summed E-state index contributed by atoms with van der Waals surface area (Å²) in [6, 6.07) is 14.1. The third kappa shape index (κ3) is 4.75. The van der Waals surface area contributed by atoms with E-state index in [0.717, 1.165) is 27.4 Å². The Morgan fingerprint density at radius 1 is 1.00 bits per heavy atom. The van der Waals surface area contributed by atoms with Crippen molar-refractivity contribution >= 4 is 22.4 Å². The first-order chi connectivity index (χ1) is 13.3. The first-order valence-corrected chi connectivity index (χ1v) is 10.1. The predicted octanol–water partition coefficient (Wildman–Crippen LogP) is 5.35. The topological polar surface area (TPSA) is 64.1 Å². The average Bonchev–Trinajstić information content (AvgIpc) is 3.10. The molecule has 3 aromatic rings. The van der Waals surface area contributed by atoms with Crippen LogP contribution in [0.2, 0.25) is 0 Å². The van der Waals surface area contributed by atoms with Gasteiger partial charge >= 0.3 is 0 Å². The molecule has 0 radical (unpaired) electrons. The number of aryl methyl sites for hydroxylation is 2. The summed E-state index contributed by atoms with van der Waals surface area (Å²) in [4.78, 5) is 12.6. The summed E-state index contributed by atoms with van der Waals surface area (Å²) in [6.45, 7) is 10.0. The molecular weight excluding hydrogens is 370 g/mol. The summed E-state index contributed by atoms with van der Waals surface area (Å²) >= 11 is 1.34. The maximum absolute atomic E-state index is 12.6. The molecule has 0 aliphatic rings. The van der Waals surface area contributed by atoms with Crippen molar-refractivity contribution in [1.82, 2.24) is 10.2 Å². The molecule has 6 heteroatoms. The number of nitrogens with zero attached hydrogens (tertiary/aromatic N) is 2. The highest BCUT2D eigenvalue weighted by molar-refractivity contribution is 7.18. The molecule has 0 fully saturated rings. The molecule has 0 spiro atoms. The van der Waals surface area contributed by atoms with Gasteiger partial charge < -0.3 is 4.74 Å². The molecular formula is C22H25N3O2S. The zero-order chi connectivity index (χ0) is 20.3. The van der Waals surface area contributed by atoms with E-state index in [2.05, 4.69) is 41.5 Å².